The van der Waals surface area contributed by atoms with Gasteiger partial charge in [0, 0.05) is 29.8 Å². The van der Waals surface area contributed by atoms with Crippen LogP contribution in [0.15, 0.2) is 42.5 Å². The summed E-state index contributed by atoms with van der Waals surface area (Å²) in [6.45, 7) is 1.83. The maximum absolute atomic E-state index is 11.3. The van der Waals surface area contributed by atoms with Crippen LogP contribution in [0.3, 0.4) is 0 Å². The van der Waals surface area contributed by atoms with Crippen molar-refractivity contribution in [2.24, 2.45) is 5.92 Å². The van der Waals surface area contributed by atoms with Crippen molar-refractivity contribution < 1.29 is 9.85 Å². The molecule has 1 N–H and O–H groups in total. The average Bonchev–Trinajstić information content (AvgIpc) is 3.11. The van der Waals surface area contributed by atoms with Crippen LogP contribution in [-0.2, 0) is 0 Å². The molecule has 0 aromatic heterocycles. The van der Waals surface area contributed by atoms with Gasteiger partial charge in [-0.2, -0.15) is 0 Å². The Hall–Kier alpha value is -2.93. The number of nitrogens with one attached hydrogen (secondary N) is 1. The number of nitrogens with zero attached hydrogens (tertiary/aromatic N) is 2. The predicted octanol–water partition coefficient (Wildman–Crippen LogP) is 5.29. The molecule has 4 rings (SSSR count). The van der Waals surface area contributed by atoms with Crippen LogP contribution in [0.1, 0.15) is 35.1 Å². The van der Waals surface area contributed by atoms with Crippen LogP contribution in [0.25, 0.3) is 0 Å². The molecule has 0 saturated heterocycles. The second kappa shape index (κ2) is 6.35. The smallest absolute Gasteiger partial charge is 0.288 e. The van der Waals surface area contributed by atoms with Gasteiger partial charge in [0.05, 0.1) is 15.9 Å². The molecule has 3 atom stereocenters. The second-order valence-corrected chi connectivity index (χ2v) is 7.33. The molecule has 0 radical (unpaired) electrons. The molecule has 2 aromatic carbocycles. The molecule has 0 saturated carbocycles. The number of hydrogen-bond acceptors (Lipinski definition) is 5. The van der Waals surface area contributed by atoms with Gasteiger partial charge in [-0.25, -0.2) is 0 Å². The molecule has 1 heterocycles. The van der Waals surface area contributed by atoms with Gasteiger partial charge in [0.2, 0.25) is 0 Å². The van der Waals surface area contributed by atoms with E-state index in [1.807, 2.05) is 6.92 Å². The molecule has 138 valence electrons. The lowest BCUT2D eigenvalue weighted by atomic mass is 9.76. The summed E-state index contributed by atoms with van der Waals surface area (Å²) in [5, 5.41) is 26.1. The van der Waals surface area contributed by atoms with Crippen molar-refractivity contribution in [1.82, 2.24) is 0 Å². The number of anilines is 1. The number of non-ortho nitro benzene ring substituents is 1. The van der Waals surface area contributed by atoms with Crippen molar-refractivity contribution >= 4 is 28.7 Å². The van der Waals surface area contributed by atoms with Gasteiger partial charge in [-0.1, -0.05) is 29.8 Å². The highest BCUT2D eigenvalue weighted by Crippen LogP contribution is 2.51. The minimum Gasteiger partial charge on any atom is -0.377 e. The Labute approximate surface area is 160 Å². The molecule has 2 aliphatic rings. The number of halogens is 1. The molecule has 0 fully saturated rings. The van der Waals surface area contributed by atoms with E-state index in [1.54, 1.807) is 24.3 Å². The molecule has 0 amide bonds. The van der Waals surface area contributed by atoms with E-state index in [0.717, 1.165) is 28.8 Å². The maximum atomic E-state index is 11.3. The molecule has 8 heteroatoms. The first-order valence-corrected chi connectivity index (χ1v) is 8.90. The SMILES string of the molecule is Cc1cc([N+](=O)[O-])cc2c1N[C@H](c1ccc(Cl)c([N+](=O)[O-])c1)[C@@H]1CC=C[C@@H]21. The molecule has 27 heavy (non-hydrogen) atoms. The van der Waals surface area contributed by atoms with Gasteiger partial charge >= 0.3 is 0 Å². The zero-order chi connectivity index (χ0) is 19.3. The molecule has 0 bridgehead atoms. The Morgan fingerprint density at radius 3 is 2.63 bits per heavy atom. The largest absolute Gasteiger partial charge is 0.377 e. The van der Waals surface area contributed by atoms with E-state index in [4.69, 9.17) is 11.6 Å². The summed E-state index contributed by atoms with van der Waals surface area (Å²) in [6.07, 6.45) is 4.93. The lowest BCUT2D eigenvalue weighted by molar-refractivity contribution is -0.385. The average molecular weight is 386 g/mol. The number of benzene rings is 2. The number of nitro benzene ring substituents is 2. The first-order valence-electron chi connectivity index (χ1n) is 8.53. The normalized spacial score (nSPS) is 22.7. The van der Waals surface area contributed by atoms with E-state index in [9.17, 15) is 20.2 Å². The first kappa shape index (κ1) is 17.5. The van der Waals surface area contributed by atoms with E-state index < -0.39 is 4.92 Å². The third kappa shape index (κ3) is 2.84. The fraction of sp³-hybridized carbons (Fsp3) is 0.263. The number of allylic oxidation sites excluding steroid dienone is 2. The quantitative estimate of drug-likeness (QED) is 0.439. The van der Waals surface area contributed by atoms with E-state index in [0.29, 0.717) is 0 Å². The van der Waals surface area contributed by atoms with Crippen molar-refractivity contribution in [3.63, 3.8) is 0 Å². The number of fused-ring (bicyclic) bond motifs is 3. The molecule has 7 nitrogen and oxygen atoms in total. The Kier molecular flexibility index (Phi) is 4.11. The third-order valence-corrected chi connectivity index (χ3v) is 5.71. The van der Waals surface area contributed by atoms with Gasteiger partial charge in [0.1, 0.15) is 5.02 Å². The Morgan fingerprint density at radius 2 is 1.93 bits per heavy atom. The van der Waals surface area contributed by atoms with Crippen LogP contribution in [0.2, 0.25) is 5.02 Å². The van der Waals surface area contributed by atoms with Crippen molar-refractivity contribution in [2.75, 3.05) is 5.32 Å². The van der Waals surface area contributed by atoms with Gasteiger partial charge < -0.3 is 5.32 Å². The van der Waals surface area contributed by atoms with Crippen molar-refractivity contribution in [3.05, 3.63) is 84.4 Å². The summed E-state index contributed by atoms with van der Waals surface area (Å²) < 4.78 is 0. The summed E-state index contributed by atoms with van der Waals surface area (Å²) in [5.41, 5.74) is 3.29. The minimum absolute atomic E-state index is 0.0274. The number of aryl methyl sites for hydroxylation is 1. The summed E-state index contributed by atoms with van der Waals surface area (Å²) in [4.78, 5) is 21.6. The fourth-order valence-electron chi connectivity index (χ4n) is 4.17. The van der Waals surface area contributed by atoms with Crippen LogP contribution in [0.4, 0.5) is 17.1 Å². The molecule has 0 spiro atoms. The van der Waals surface area contributed by atoms with Crippen molar-refractivity contribution in [3.8, 4) is 0 Å². The third-order valence-electron chi connectivity index (χ3n) is 5.39. The number of nitro groups is 2. The van der Waals surface area contributed by atoms with E-state index in [2.05, 4.69) is 17.5 Å². The van der Waals surface area contributed by atoms with Crippen molar-refractivity contribution in [2.45, 2.75) is 25.3 Å². The number of rotatable bonds is 3. The highest BCUT2D eigenvalue weighted by Gasteiger charge is 2.39. The van der Waals surface area contributed by atoms with Crippen LogP contribution < -0.4 is 5.32 Å². The predicted molar refractivity (Wildman–Crippen MR) is 102 cm³/mol. The lowest BCUT2D eigenvalue weighted by Crippen LogP contribution is -2.29. The molecule has 1 aliphatic carbocycles. The molecular weight excluding hydrogens is 370 g/mol. The highest BCUT2D eigenvalue weighted by atomic mass is 35.5. The van der Waals surface area contributed by atoms with Crippen LogP contribution in [-0.4, -0.2) is 9.85 Å². The minimum atomic E-state index is -0.485. The van der Waals surface area contributed by atoms with E-state index >= 15 is 0 Å². The topological polar surface area (TPSA) is 98.3 Å². The maximum Gasteiger partial charge on any atom is 0.288 e. The lowest BCUT2D eigenvalue weighted by Gasteiger charge is -2.38. The molecule has 1 aliphatic heterocycles. The second-order valence-electron chi connectivity index (χ2n) is 6.93. The van der Waals surface area contributed by atoms with Gasteiger partial charge in [-0.15, -0.1) is 0 Å². The van der Waals surface area contributed by atoms with Gasteiger partial charge in [-0.05, 0) is 42.0 Å². The standard InChI is InChI=1S/C19H16ClN3O4/c1-10-7-12(22(24)25)9-15-13-3-2-4-14(13)19(21-18(10)15)11-5-6-16(20)17(8-11)23(26)27/h2-3,5-9,13-14,19,21H,4H2,1H3/t13-,14-,19-/m1/s1. The molecular formula is C19H16ClN3O4. The van der Waals surface area contributed by atoms with Crippen LogP contribution in [0.5, 0.6) is 0 Å². The Bertz CT molecular complexity index is 1000. The monoisotopic (exact) mass is 385 g/mol. The van der Waals surface area contributed by atoms with E-state index in [-0.39, 0.29) is 39.2 Å². The zero-order valence-corrected chi connectivity index (χ0v) is 15.1. The van der Waals surface area contributed by atoms with Gasteiger partial charge in [0.25, 0.3) is 11.4 Å². The molecule has 2 aromatic rings. The fourth-order valence-corrected chi connectivity index (χ4v) is 4.35. The summed E-state index contributed by atoms with van der Waals surface area (Å²) in [7, 11) is 0. The van der Waals surface area contributed by atoms with Crippen LogP contribution >= 0.6 is 11.6 Å². The van der Waals surface area contributed by atoms with Gasteiger partial charge in [-0.3, -0.25) is 20.2 Å². The summed E-state index contributed by atoms with van der Waals surface area (Å²) >= 11 is 5.96. The molecule has 0 unspecified atom stereocenters. The Balaban J connectivity index is 1.82. The zero-order valence-electron chi connectivity index (χ0n) is 14.4. The summed E-state index contributed by atoms with van der Waals surface area (Å²) in [6, 6.07) is 7.89. The summed E-state index contributed by atoms with van der Waals surface area (Å²) in [5.74, 6) is 0.152. The van der Waals surface area contributed by atoms with Crippen molar-refractivity contribution in [1.29, 1.82) is 0 Å². The van der Waals surface area contributed by atoms with Crippen LogP contribution in [0, 0.1) is 33.1 Å². The highest BCUT2D eigenvalue weighted by molar-refractivity contribution is 6.32. The van der Waals surface area contributed by atoms with E-state index in [1.165, 1.54) is 6.07 Å². The Morgan fingerprint density at radius 1 is 1.15 bits per heavy atom. The first-order chi connectivity index (χ1) is 12.9. The number of hydrogen-bond donors (Lipinski definition) is 1. The van der Waals surface area contributed by atoms with Gasteiger partial charge in [0.15, 0.2) is 0 Å².